The van der Waals surface area contributed by atoms with E-state index in [0.29, 0.717) is 31.8 Å². The first kappa shape index (κ1) is 29.7. The normalized spacial score (nSPS) is 17.3. The van der Waals surface area contributed by atoms with E-state index in [9.17, 15) is 13.6 Å². The maximum absolute atomic E-state index is 13.6. The van der Waals surface area contributed by atoms with E-state index >= 15 is 0 Å². The molecule has 1 fully saturated rings. The lowest BCUT2D eigenvalue weighted by Crippen LogP contribution is -2.26. The lowest BCUT2D eigenvalue weighted by atomic mass is 9.88. The number of hydrogen-bond acceptors (Lipinski definition) is 4. The molecule has 1 unspecified atom stereocenters. The minimum absolute atomic E-state index is 0.00137. The average Bonchev–Trinajstić information content (AvgIpc) is 2.97. The molecule has 0 saturated carbocycles. The summed E-state index contributed by atoms with van der Waals surface area (Å²) in [6, 6.07) is 17.1. The van der Waals surface area contributed by atoms with Crippen LogP contribution in [0.2, 0.25) is 0 Å². The van der Waals surface area contributed by atoms with Crippen LogP contribution in [0.1, 0.15) is 63.5 Å². The summed E-state index contributed by atoms with van der Waals surface area (Å²) >= 11 is 0. The van der Waals surface area contributed by atoms with Crippen LogP contribution in [0.3, 0.4) is 0 Å². The van der Waals surface area contributed by atoms with E-state index < -0.39 is 0 Å². The zero-order chi connectivity index (χ0) is 28.3. The molecule has 0 spiro atoms. The smallest absolute Gasteiger partial charge is 0.136 e. The molecule has 1 aliphatic heterocycles. The first-order valence-corrected chi connectivity index (χ1v) is 14.6. The third kappa shape index (κ3) is 8.37. The van der Waals surface area contributed by atoms with E-state index in [1.54, 1.807) is 24.3 Å². The molecule has 0 aromatic heterocycles. The van der Waals surface area contributed by atoms with Gasteiger partial charge in [-0.15, -0.1) is 0 Å². The van der Waals surface area contributed by atoms with Gasteiger partial charge in [-0.25, -0.2) is 8.78 Å². The Morgan fingerprint density at radius 2 is 1.38 bits per heavy atom. The van der Waals surface area contributed by atoms with E-state index in [-0.39, 0.29) is 17.6 Å². The summed E-state index contributed by atoms with van der Waals surface area (Å²) in [6.07, 6.45) is 6.09. The Hall–Kier alpha value is -3.25. The molecule has 1 aliphatic rings. The summed E-state index contributed by atoms with van der Waals surface area (Å²) in [7, 11) is 0. The third-order valence-electron chi connectivity index (χ3n) is 7.54. The van der Waals surface area contributed by atoms with E-state index in [4.69, 9.17) is 9.47 Å². The zero-order valence-corrected chi connectivity index (χ0v) is 23.8. The highest BCUT2D eigenvalue weighted by atomic mass is 19.1. The van der Waals surface area contributed by atoms with Crippen LogP contribution >= 0.6 is 0 Å². The van der Waals surface area contributed by atoms with Crippen LogP contribution in [0.4, 0.5) is 8.78 Å². The molecule has 214 valence electrons. The maximum Gasteiger partial charge on any atom is 0.136 e. The Morgan fingerprint density at radius 1 is 0.775 bits per heavy atom. The van der Waals surface area contributed by atoms with Gasteiger partial charge in [0.1, 0.15) is 28.9 Å². The highest BCUT2D eigenvalue weighted by Gasteiger charge is 2.21. The number of hydrogen-bond donors (Lipinski definition) is 0. The molecule has 0 N–H and O–H groups in total. The predicted octanol–water partition coefficient (Wildman–Crippen LogP) is 8.01. The first-order valence-electron chi connectivity index (χ1n) is 14.6. The quantitative estimate of drug-likeness (QED) is 0.271. The topological polar surface area (TPSA) is 38.8 Å². The summed E-state index contributed by atoms with van der Waals surface area (Å²) < 4.78 is 39.1. The van der Waals surface area contributed by atoms with Crippen molar-refractivity contribution >= 4 is 5.78 Å². The fourth-order valence-electron chi connectivity index (χ4n) is 5.57. The van der Waals surface area contributed by atoms with Crippen molar-refractivity contribution in [3.05, 3.63) is 83.4 Å². The molecular formula is C34H41F2NO3. The van der Waals surface area contributed by atoms with Crippen molar-refractivity contribution in [2.45, 2.75) is 65.3 Å². The second-order valence-corrected chi connectivity index (χ2v) is 10.6. The molecule has 1 heterocycles. The average molecular weight is 550 g/mol. The third-order valence-corrected chi connectivity index (χ3v) is 7.54. The van der Waals surface area contributed by atoms with Crippen LogP contribution in [0.15, 0.2) is 60.7 Å². The van der Waals surface area contributed by atoms with Crippen molar-refractivity contribution in [2.75, 3.05) is 26.3 Å². The summed E-state index contributed by atoms with van der Waals surface area (Å²) in [5.41, 5.74) is 3.80. The standard InChI is InChI=1S/C34H41F2NO3/c1-3-39-32-22-26(23-33(40-4-2)34(32)27-13-17-30(36)18-14-27)24-37-19-7-5-6-9-28(31(38)10-8-20-37)21-25-11-15-29(35)16-12-25/h11-18,22-23,28H,3-10,19-21,24H2,1-2H3. The lowest BCUT2D eigenvalue weighted by Gasteiger charge is -2.24. The SMILES string of the molecule is CCOc1cc(CN2CCCCCC(Cc3ccc(F)cc3)C(=O)CCC2)cc(OCC)c1-c1ccc(F)cc1. The minimum Gasteiger partial charge on any atom is -0.493 e. The Bertz CT molecular complexity index is 1200. The number of carbonyl (C=O) groups is 1. The Labute approximate surface area is 237 Å². The molecule has 1 saturated heterocycles. The maximum atomic E-state index is 13.6. The highest BCUT2D eigenvalue weighted by molar-refractivity contribution is 5.81. The number of ketones is 1. The fraction of sp³-hybridized carbons (Fsp3) is 0.441. The van der Waals surface area contributed by atoms with E-state index in [2.05, 4.69) is 17.0 Å². The number of carbonyl (C=O) groups excluding carboxylic acids is 1. The van der Waals surface area contributed by atoms with Gasteiger partial charge in [-0.1, -0.05) is 37.1 Å². The van der Waals surface area contributed by atoms with Crippen LogP contribution in [-0.4, -0.2) is 37.0 Å². The van der Waals surface area contributed by atoms with Gasteiger partial charge in [0.2, 0.25) is 0 Å². The largest absolute Gasteiger partial charge is 0.493 e. The van der Waals surface area contributed by atoms with Crippen molar-refractivity contribution in [3.8, 4) is 22.6 Å². The second-order valence-electron chi connectivity index (χ2n) is 10.6. The molecule has 3 aromatic rings. The highest BCUT2D eigenvalue weighted by Crippen LogP contribution is 2.40. The molecule has 4 rings (SSSR count). The van der Waals surface area contributed by atoms with Gasteiger partial charge in [0, 0.05) is 18.9 Å². The second kappa shape index (κ2) is 14.9. The van der Waals surface area contributed by atoms with Crippen LogP contribution in [-0.2, 0) is 17.8 Å². The molecule has 0 amide bonds. The lowest BCUT2D eigenvalue weighted by molar-refractivity contribution is -0.123. The molecule has 0 aliphatic carbocycles. The Morgan fingerprint density at radius 3 is 2.00 bits per heavy atom. The number of ether oxygens (including phenoxy) is 2. The first-order chi connectivity index (χ1) is 19.5. The predicted molar refractivity (Wildman–Crippen MR) is 156 cm³/mol. The summed E-state index contributed by atoms with van der Waals surface area (Å²) in [4.78, 5) is 15.6. The van der Waals surface area contributed by atoms with Gasteiger partial charge in [0.05, 0.1) is 18.8 Å². The van der Waals surface area contributed by atoms with Crippen LogP contribution in [0.25, 0.3) is 11.1 Å². The number of halogens is 2. The van der Waals surface area contributed by atoms with Gasteiger partial charge < -0.3 is 9.47 Å². The molecule has 4 nitrogen and oxygen atoms in total. The number of Topliss-reactive ketones (excluding diaryl/α,β-unsaturated/α-hetero) is 1. The number of nitrogens with zero attached hydrogens (tertiary/aromatic N) is 1. The monoisotopic (exact) mass is 549 g/mol. The molecule has 1 atom stereocenters. The Balaban J connectivity index is 1.48. The molecular weight excluding hydrogens is 508 g/mol. The van der Waals surface area contributed by atoms with Crippen LogP contribution < -0.4 is 9.47 Å². The molecule has 40 heavy (non-hydrogen) atoms. The van der Waals surface area contributed by atoms with Crippen LogP contribution in [0.5, 0.6) is 11.5 Å². The van der Waals surface area contributed by atoms with Gasteiger partial charge in [-0.3, -0.25) is 9.69 Å². The Kier molecular flexibility index (Phi) is 11.1. The molecule has 6 heteroatoms. The van der Waals surface area contributed by atoms with E-state index in [1.807, 2.05) is 13.8 Å². The fourth-order valence-corrected chi connectivity index (χ4v) is 5.57. The summed E-state index contributed by atoms with van der Waals surface area (Å²) in [5.74, 6) is 1.24. The molecule has 0 bridgehead atoms. The van der Waals surface area contributed by atoms with Crippen molar-refractivity contribution < 1.29 is 23.0 Å². The minimum atomic E-state index is -0.281. The van der Waals surface area contributed by atoms with Gasteiger partial charge in [0.25, 0.3) is 0 Å². The molecule has 3 aromatic carbocycles. The van der Waals surface area contributed by atoms with Crippen molar-refractivity contribution in [1.29, 1.82) is 0 Å². The van der Waals surface area contributed by atoms with Gasteiger partial charge in [-0.05, 0) is 106 Å². The number of benzene rings is 3. The van der Waals surface area contributed by atoms with Gasteiger partial charge >= 0.3 is 0 Å². The molecule has 0 radical (unpaired) electrons. The zero-order valence-electron chi connectivity index (χ0n) is 23.8. The van der Waals surface area contributed by atoms with Crippen molar-refractivity contribution in [1.82, 2.24) is 4.90 Å². The van der Waals surface area contributed by atoms with E-state index in [1.165, 1.54) is 24.3 Å². The van der Waals surface area contributed by atoms with Crippen molar-refractivity contribution in [3.63, 3.8) is 0 Å². The van der Waals surface area contributed by atoms with Crippen molar-refractivity contribution in [2.24, 2.45) is 5.92 Å². The van der Waals surface area contributed by atoms with Gasteiger partial charge in [-0.2, -0.15) is 0 Å². The van der Waals surface area contributed by atoms with Crippen LogP contribution in [0, 0.1) is 17.6 Å². The summed E-state index contributed by atoms with van der Waals surface area (Å²) in [5, 5.41) is 0. The van der Waals surface area contributed by atoms with Gasteiger partial charge in [0.15, 0.2) is 0 Å². The summed E-state index contributed by atoms with van der Waals surface area (Å²) in [6.45, 7) is 7.46. The number of rotatable bonds is 9. The van der Waals surface area contributed by atoms with E-state index in [0.717, 1.165) is 85.5 Å².